The molecule has 1 aliphatic heterocycles. The van der Waals surface area contributed by atoms with E-state index in [0.717, 1.165) is 51.4 Å². The van der Waals surface area contributed by atoms with Gasteiger partial charge in [0.25, 0.3) is 0 Å². The highest BCUT2D eigenvalue weighted by Crippen LogP contribution is 2.19. The first kappa shape index (κ1) is 16.1. The second-order valence-corrected chi connectivity index (χ2v) is 6.43. The van der Waals surface area contributed by atoms with Crippen LogP contribution in [0.4, 0.5) is 4.79 Å². The Morgan fingerprint density at radius 1 is 1.22 bits per heavy atom. The summed E-state index contributed by atoms with van der Waals surface area (Å²) in [7, 11) is 0. The predicted molar refractivity (Wildman–Crippen MR) is 90.1 cm³/mol. The molecule has 1 aliphatic carbocycles. The third kappa shape index (κ3) is 4.86. The van der Waals surface area contributed by atoms with Gasteiger partial charge in [0, 0.05) is 32.7 Å². The van der Waals surface area contributed by atoms with Crippen molar-refractivity contribution < 1.29 is 9.21 Å². The van der Waals surface area contributed by atoms with Gasteiger partial charge in [-0.05, 0) is 44.2 Å². The van der Waals surface area contributed by atoms with Crippen molar-refractivity contribution in [2.45, 2.75) is 38.6 Å². The fraction of sp³-hybridized carbons (Fsp3) is 0.611. The fourth-order valence-electron chi connectivity index (χ4n) is 3.31. The number of hydrogen-bond donors (Lipinski definition) is 1. The summed E-state index contributed by atoms with van der Waals surface area (Å²) in [5.74, 6) is 0.989. The lowest BCUT2D eigenvalue weighted by molar-refractivity contribution is 0.130. The Kier molecular flexibility index (Phi) is 5.75. The van der Waals surface area contributed by atoms with Crippen molar-refractivity contribution in [3.63, 3.8) is 0 Å². The minimum Gasteiger partial charge on any atom is -0.468 e. The van der Waals surface area contributed by atoms with Crippen molar-refractivity contribution in [2.75, 3.05) is 32.7 Å². The second-order valence-electron chi connectivity index (χ2n) is 6.43. The molecule has 2 amide bonds. The number of nitrogens with zero attached hydrogens (tertiary/aromatic N) is 2. The summed E-state index contributed by atoms with van der Waals surface area (Å²) in [6.45, 7) is 4.97. The number of furan rings is 1. The third-order valence-corrected chi connectivity index (χ3v) is 4.73. The number of urea groups is 1. The molecular weight excluding hydrogens is 290 g/mol. The fourth-order valence-corrected chi connectivity index (χ4v) is 3.31. The van der Waals surface area contributed by atoms with Crippen molar-refractivity contribution >= 4 is 6.03 Å². The molecule has 5 nitrogen and oxygen atoms in total. The largest absolute Gasteiger partial charge is 0.468 e. The Hall–Kier alpha value is -1.75. The van der Waals surface area contributed by atoms with E-state index < -0.39 is 0 Å². The van der Waals surface area contributed by atoms with E-state index in [1.165, 1.54) is 31.3 Å². The van der Waals surface area contributed by atoms with E-state index in [-0.39, 0.29) is 6.03 Å². The Bertz CT molecular complexity index is 516. The zero-order valence-electron chi connectivity index (χ0n) is 13.8. The van der Waals surface area contributed by atoms with Crippen LogP contribution in [0, 0.1) is 0 Å². The van der Waals surface area contributed by atoms with E-state index in [1.54, 1.807) is 6.26 Å². The maximum Gasteiger partial charge on any atom is 0.317 e. The second kappa shape index (κ2) is 8.20. The van der Waals surface area contributed by atoms with Gasteiger partial charge in [-0.15, -0.1) is 0 Å². The number of carbonyl (C=O) groups excluding carboxylic acids is 1. The molecule has 2 heterocycles. The highest BCUT2D eigenvalue weighted by molar-refractivity contribution is 5.74. The van der Waals surface area contributed by atoms with Crippen LogP contribution in [0.25, 0.3) is 0 Å². The van der Waals surface area contributed by atoms with Crippen LogP contribution < -0.4 is 5.32 Å². The molecule has 0 unspecified atom stereocenters. The van der Waals surface area contributed by atoms with Crippen molar-refractivity contribution in [3.05, 3.63) is 35.8 Å². The van der Waals surface area contributed by atoms with Gasteiger partial charge < -0.3 is 14.6 Å². The van der Waals surface area contributed by atoms with E-state index in [0.29, 0.717) is 0 Å². The van der Waals surface area contributed by atoms with Crippen molar-refractivity contribution in [1.82, 2.24) is 15.1 Å². The lowest BCUT2D eigenvalue weighted by Crippen LogP contribution is -2.51. The number of piperazine rings is 1. The van der Waals surface area contributed by atoms with Crippen LogP contribution in [-0.2, 0) is 6.54 Å². The molecule has 0 bridgehead atoms. The number of nitrogens with one attached hydrogen (secondary N) is 1. The average molecular weight is 317 g/mol. The van der Waals surface area contributed by atoms with Crippen molar-refractivity contribution in [2.24, 2.45) is 0 Å². The van der Waals surface area contributed by atoms with Gasteiger partial charge in [0.1, 0.15) is 5.76 Å². The standard InChI is InChI=1S/C18H27N3O2/c22-18(19-9-8-16-5-2-1-3-6-16)21-12-10-20(11-13-21)15-17-7-4-14-23-17/h4-5,7,14H,1-3,6,8-13,15H2,(H,19,22). The number of carbonyl (C=O) groups is 1. The maximum absolute atomic E-state index is 12.2. The molecule has 126 valence electrons. The van der Waals surface area contributed by atoms with Gasteiger partial charge in [-0.1, -0.05) is 11.6 Å². The molecule has 1 aromatic heterocycles. The normalized spacial score (nSPS) is 19.5. The topological polar surface area (TPSA) is 48.7 Å². The van der Waals surface area contributed by atoms with Crippen LogP contribution in [0.3, 0.4) is 0 Å². The van der Waals surface area contributed by atoms with E-state index in [9.17, 15) is 4.79 Å². The van der Waals surface area contributed by atoms with Crippen LogP contribution in [0.5, 0.6) is 0 Å². The summed E-state index contributed by atoms with van der Waals surface area (Å²) in [5.41, 5.74) is 1.51. The summed E-state index contributed by atoms with van der Waals surface area (Å²) < 4.78 is 5.38. The Balaban J connectivity index is 1.34. The van der Waals surface area contributed by atoms with Gasteiger partial charge >= 0.3 is 6.03 Å². The predicted octanol–water partition coefficient (Wildman–Crippen LogP) is 3.00. The molecule has 5 heteroatoms. The molecule has 1 aromatic rings. The summed E-state index contributed by atoms with van der Waals surface area (Å²) in [5, 5.41) is 3.07. The molecule has 0 aromatic carbocycles. The SMILES string of the molecule is O=C(NCCC1=CCCCC1)N1CCN(Cc2ccco2)CC1. The highest BCUT2D eigenvalue weighted by atomic mass is 16.3. The average Bonchev–Trinajstić information content (AvgIpc) is 3.09. The minimum atomic E-state index is 0.0825. The summed E-state index contributed by atoms with van der Waals surface area (Å²) in [6, 6.07) is 4.00. The van der Waals surface area contributed by atoms with Crippen LogP contribution in [0.1, 0.15) is 37.9 Å². The van der Waals surface area contributed by atoms with Crippen LogP contribution in [0.15, 0.2) is 34.5 Å². The summed E-state index contributed by atoms with van der Waals surface area (Å²) >= 11 is 0. The lowest BCUT2D eigenvalue weighted by Gasteiger charge is -2.34. The van der Waals surface area contributed by atoms with Gasteiger partial charge in [-0.2, -0.15) is 0 Å². The van der Waals surface area contributed by atoms with Gasteiger partial charge in [-0.3, -0.25) is 4.90 Å². The van der Waals surface area contributed by atoms with Crippen LogP contribution in [0.2, 0.25) is 0 Å². The molecule has 1 N–H and O–H groups in total. The molecule has 3 rings (SSSR count). The van der Waals surface area contributed by atoms with Crippen LogP contribution >= 0.6 is 0 Å². The highest BCUT2D eigenvalue weighted by Gasteiger charge is 2.21. The Morgan fingerprint density at radius 2 is 2.09 bits per heavy atom. The number of rotatable bonds is 5. The van der Waals surface area contributed by atoms with Gasteiger partial charge in [0.2, 0.25) is 0 Å². The van der Waals surface area contributed by atoms with Crippen molar-refractivity contribution in [3.8, 4) is 0 Å². The Morgan fingerprint density at radius 3 is 2.78 bits per heavy atom. The first-order valence-electron chi connectivity index (χ1n) is 8.77. The molecule has 2 aliphatic rings. The molecule has 0 radical (unpaired) electrons. The molecule has 1 fully saturated rings. The van der Waals surface area contributed by atoms with Gasteiger partial charge in [0.15, 0.2) is 0 Å². The lowest BCUT2D eigenvalue weighted by atomic mass is 9.97. The number of hydrogen-bond acceptors (Lipinski definition) is 3. The number of allylic oxidation sites excluding steroid dienone is 1. The van der Waals surface area contributed by atoms with Gasteiger partial charge in [0.05, 0.1) is 12.8 Å². The number of amides is 2. The molecule has 0 atom stereocenters. The first-order chi connectivity index (χ1) is 11.3. The third-order valence-electron chi connectivity index (χ3n) is 4.73. The van der Waals surface area contributed by atoms with Crippen LogP contribution in [-0.4, -0.2) is 48.6 Å². The monoisotopic (exact) mass is 317 g/mol. The molecule has 1 saturated heterocycles. The maximum atomic E-state index is 12.2. The summed E-state index contributed by atoms with van der Waals surface area (Å²) in [4.78, 5) is 16.5. The van der Waals surface area contributed by atoms with Crippen molar-refractivity contribution in [1.29, 1.82) is 0 Å². The smallest absolute Gasteiger partial charge is 0.317 e. The van der Waals surface area contributed by atoms with Gasteiger partial charge in [-0.25, -0.2) is 4.79 Å². The van der Waals surface area contributed by atoms with E-state index in [2.05, 4.69) is 16.3 Å². The quantitative estimate of drug-likeness (QED) is 0.849. The van der Waals surface area contributed by atoms with E-state index >= 15 is 0 Å². The molecule has 23 heavy (non-hydrogen) atoms. The minimum absolute atomic E-state index is 0.0825. The first-order valence-corrected chi connectivity index (χ1v) is 8.77. The molecular formula is C18H27N3O2. The Labute approximate surface area is 138 Å². The zero-order chi connectivity index (χ0) is 15.9. The molecule has 0 saturated carbocycles. The molecule has 0 spiro atoms. The van der Waals surface area contributed by atoms with E-state index in [1.807, 2.05) is 17.0 Å². The zero-order valence-corrected chi connectivity index (χ0v) is 13.8. The summed E-state index contributed by atoms with van der Waals surface area (Å²) in [6.07, 6.45) is 10.1. The van der Waals surface area contributed by atoms with E-state index in [4.69, 9.17) is 4.42 Å².